The molecule has 7 heteroatoms. The molecule has 0 saturated carbocycles. The first-order valence-corrected chi connectivity index (χ1v) is 8.44. The molecule has 0 unspecified atom stereocenters. The van der Waals surface area contributed by atoms with E-state index in [1.807, 2.05) is 30.3 Å². The Bertz CT molecular complexity index is 951. The third kappa shape index (κ3) is 4.32. The lowest BCUT2D eigenvalue weighted by atomic mass is 10.1. The summed E-state index contributed by atoms with van der Waals surface area (Å²) >= 11 is 0. The standard InChI is InChI=1S/C21H19NO6/c1-25-18-11-15(21(24)28-13-14-7-4-3-5-8-14)16(12-19(18)26-2)22-20(23)17-9-6-10-27-17/h3-12H,13H2,1-2H3,(H,22,23). The Labute approximate surface area is 161 Å². The lowest BCUT2D eigenvalue weighted by Crippen LogP contribution is -2.16. The summed E-state index contributed by atoms with van der Waals surface area (Å²) in [5, 5.41) is 2.65. The molecule has 1 amide bonds. The number of rotatable bonds is 7. The monoisotopic (exact) mass is 381 g/mol. The fourth-order valence-electron chi connectivity index (χ4n) is 2.54. The average molecular weight is 381 g/mol. The fourth-order valence-corrected chi connectivity index (χ4v) is 2.54. The minimum atomic E-state index is -0.612. The van der Waals surface area contributed by atoms with Crippen molar-refractivity contribution in [1.82, 2.24) is 0 Å². The first kappa shape index (κ1) is 19.0. The van der Waals surface area contributed by atoms with Gasteiger partial charge in [0.1, 0.15) is 6.61 Å². The predicted octanol–water partition coefficient (Wildman–Crippen LogP) is 3.91. The maximum atomic E-state index is 12.7. The summed E-state index contributed by atoms with van der Waals surface area (Å²) in [7, 11) is 2.92. The highest BCUT2D eigenvalue weighted by molar-refractivity contribution is 6.07. The smallest absolute Gasteiger partial charge is 0.340 e. The van der Waals surface area contributed by atoms with Crippen LogP contribution in [0.4, 0.5) is 5.69 Å². The van der Waals surface area contributed by atoms with Gasteiger partial charge in [0.05, 0.1) is 31.7 Å². The summed E-state index contributed by atoms with van der Waals surface area (Å²) in [5.41, 5.74) is 1.20. The maximum absolute atomic E-state index is 12.7. The molecule has 144 valence electrons. The van der Waals surface area contributed by atoms with Crippen molar-refractivity contribution in [3.05, 3.63) is 77.7 Å². The van der Waals surface area contributed by atoms with Crippen molar-refractivity contribution in [1.29, 1.82) is 0 Å². The molecule has 0 fully saturated rings. The largest absolute Gasteiger partial charge is 0.493 e. The number of benzene rings is 2. The zero-order valence-corrected chi connectivity index (χ0v) is 15.4. The minimum Gasteiger partial charge on any atom is -0.493 e. The third-order valence-corrected chi connectivity index (χ3v) is 3.95. The van der Waals surface area contributed by atoms with Crippen LogP contribution in [-0.2, 0) is 11.3 Å². The van der Waals surface area contributed by atoms with Gasteiger partial charge in [0.15, 0.2) is 17.3 Å². The highest BCUT2D eigenvalue weighted by atomic mass is 16.5. The molecule has 1 heterocycles. The molecule has 0 aliphatic rings. The lowest BCUT2D eigenvalue weighted by molar-refractivity contribution is 0.0473. The van der Waals surface area contributed by atoms with Crippen molar-refractivity contribution in [3.63, 3.8) is 0 Å². The molecule has 0 aliphatic carbocycles. The topological polar surface area (TPSA) is 87.0 Å². The third-order valence-electron chi connectivity index (χ3n) is 3.95. The number of furan rings is 1. The van der Waals surface area contributed by atoms with Crippen molar-refractivity contribution in [2.45, 2.75) is 6.61 Å². The van der Waals surface area contributed by atoms with Crippen molar-refractivity contribution in [3.8, 4) is 11.5 Å². The number of methoxy groups -OCH3 is 2. The normalized spacial score (nSPS) is 10.2. The summed E-state index contributed by atoms with van der Waals surface area (Å²) in [4.78, 5) is 25.0. The quantitative estimate of drug-likeness (QED) is 0.625. The molecule has 0 radical (unpaired) electrons. The molecule has 2 aromatic carbocycles. The van der Waals surface area contributed by atoms with Crippen LogP contribution in [0.25, 0.3) is 0 Å². The van der Waals surface area contributed by atoms with Gasteiger partial charge in [0.2, 0.25) is 0 Å². The number of carbonyl (C=O) groups is 2. The number of amides is 1. The second-order valence-corrected chi connectivity index (χ2v) is 5.75. The lowest BCUT2D eigenvalue weighted by Gasteiger charge is -2.15. The Balaban J connectivity index is 1.88. The van der Waals surface area contributed by atoms with Crippen LogP contribution < -0.4 is 14.8 Å². The molecule has 0 spiro atoms. The van der Waals surface area contributed by atoms with E-state index in [-0.39, 0.29) is 23.6 Å². The second kappa shape index (κ2) is 8.77. The Hall–Kier alpha value is -3.74. The van der Waals surface area contributed by atoms with Gasteiger partial charge in [0, 0.05) is 12.1 Å². The van der Waals surface area contributed by atoms with E-state index in [0.29, 0.717) is 11.5 Å². The number of ether oxygens (including phenoxy) is 3. The zero-order chi connectivity index (χ0) is 19.9. The molecule has 3 rings (SSSR count). The zero-order valence-electron chi connectivity index (χ0n) is 15.4. The second-order valence-electron chi connectivity index (χ2n) is 5.75. The Morgan fingerprint density at radius 3 is 2.32 bits per heavy atom. The number of hydrogen-bond acceptors (Lipinski definition) is 6. The van der Waals surface area contributed by atoms with Crippen LogP contribution in [0.5, 0.6) is 11.5 Å². The van der Waals surface area contributed by atoms with Gasteiger partial charge in [-0.3, -0.25) is 4.79 Å². The molecular weight excluding hydrogens is 362 g/mol. The van der Waals surface area contributed by atoms with Crippen LogP contribution in [0.1, 0.15) is 26.5 Å². The van der Waals surface area contributed by atoms with Crippen LogP contribution in [0.3, 0.4) is 0 Å². The van der Waals surface area contributed by atoms with Gasteiger partial charge in [0.25, 0.3) is 5.91 Å². The summed E-state index contributed by atoms with van der Waals surface area (Å²) < 4.78 is 21.0. The average Bonchev–Trinajstić information content (AvgIpc) is 3.27. The van der Waals surface area contributed by atoms with Gasteiger partial charge in [-0.15, -0.1) is 0 Å². The summed E-state index contributed by atoms with van der Waals surface area (Å²) in [6, 6.07) is 15.4. The highest BCUT2D eigenvalue weighted by Crippen LogP contribution is 2.34. The summed E-state index contributed by atoms with van der Waals surface area (Å²) in [6.45, 7) is 0.0968. The van der Waals surface area contributed by atoms with Gasteiger partial charge in [-0.2, -0.15) is 0 Å². The molecule has 3 aromatic rings. The van der Waals surface area contributed by atoms with Gasteiger partial charge >= 0.3 is 5.97 Å². The van der Waals surface area contributed by atoms with Gasteiger partial charge in [-0.05, 0) is 17.7 Å². The molecule has 0 bridgehead atoms. The minimum absolute atomic E-state index is 0.0968. The fraction of sp³-hybridized carbons (Fsp3) is 0.143. The van der Waals surface area contributed by atoms with E-state index in [2.05, 4.69) is 5.32 Å². The van der Waals surface area contributed by atoms with Crippen LogP contribution in [0.2, 0.25) is 0 Å². The number of nitrogens with one attached hydrogen (secondary N) is 1. The summed E-state index contributed by atoms with van der Waals surface area (Å²) in [5.74, 6) is -0.311. The van der Waals surface area contributed by atoms with Crippen LogP contribution in [-0.4, -0.2) is 26.1 Å². The van der Waals surface area contributed by atoms with Gasteiger partial charge in [-0.25, -0.2) is 4.79 Å². The van der Waals surface area contributed by atoms with E-state index in [1.165, 1.54) is 38.7 Å². The Kier molecular flexibility index (Phi) is 5.96. The molecule has 0 aliphatic heterocycles. The molecular formula is C21H19NO6. The Morgan fingerprint density at radius 2 is 1.68 bits per heavy atom. The van der Waals surface area contributed by atoms with Crippen LogP contribution in [0, 0.1) is 0 Å². The van der Waals surface area contributed by atoms with Crippen LogP contribution >= 0.6 is 0 Å². The van der Waals surface area contributed by atoms with Crippen molar-refractivity contribution < 1.29 is 28.2 Å². The van der Waals surface area contributed by atoms with E-state index in [0.717, 1.165) is 5.56 Å². The molecule has 1 aromatic heterocycles. The predicted molar refractivity (Wildman–Crippen MR) is 102 cm³/mol. The summed E-state index contributed by atoms with van der Waals surface area (Å²) in [6.07, 6.45) is 1.39. The number of carbonyl (C=O) groups excluding carboxylic acids is 2. The van der Waals surface area contributed by atoms with E-state index in [1.54, 1.807) is 6.07 Å². The molecule has 28 heavy (non-hydrogen) atoms. The SMILES string of the molecule is COc1cc(NC(=O)c2ccco2)c(C(=O)OCc2ccccc2)cc1OC. The Morgan fingerprint density at radius 1 is 0.964 bits per heavy atom. The first-order chi connectivity index (χ1) is 13.6. The highest BCUT2D eigenvalue weighted by Gasteiger charge is 2.21. The molecule has 7 nitrogen and oxygen atoms in total. The molecule has 0 atom stereocenters. The maximum Gasteiger partial charge on any atom is 0.340 e. The van der Waals surface area contributed by atoms with Crippen molar-refractivity contribution >= 4 is 17.6 Å². The molecule has 0 saturated heterocycles. The van der Waals surface area contributed by atoms with Crippen molar-refractivity contribution in [2.75, 3.05) is 19.5 Å². The van der Waals surface area contributed by atoms with Gasteiger partial charge in [-0.1, -0.05) is 30.3 Å². The van der Waals surface area contributed by atoms with Crippen LogP contribution in [0.15, 0.2) is 65.3 Å². The van der Waals surface area contributed by atoms with E-state index in [9.17, 15) is 9.59 Å². The number of anilines is 1. The number of hydrogen-bond donors (Lipinski definition) is 1. The van der Waals surface area contributed by atoms with Gasteiger partial charge < -0.3 is 23.9 Å². The van der Waals surface area contributed by atoms with E-state index < -0.39 is 11.9 Å². The van der Waals surface area contributed by atoms with E-state index in [4.69, 9.17) is 18.6 Å². The van der Waals surface area contributed by atoms with E-state index >= 15 is 0 Å². The molecule has 1 N–H and O–H groups in total. The number of esters is 1. The van der Waals surface area contributed by atoms with Crippen molar-refractivity contribution in [2.24, 2.45) is 0 Å². The first-order valence-electron chi connectivity index (χ1n) is 8.44.